The monoisotopic (exact) mass is 328 g/mol. The molecule has 2 aromatic rings. The van der Waals surface area contributed by atoms with E-state index in [2.05, 4.69) is 4.98 Å². The van der Waals surface area contributed by atoms with Crippen LogP contribution in [0.2, 0.25) is 0 Å². The van der Waals surface area contributed by atoms with Crippen molar-refractivity contribution in [2.24, 2.45) is 5.92 Å². The third-order valence-electron chi connectivity index (χ3n) is 5.56. The van der Waals surface area contributed by atoms with Gasteiger partial charge in [-0.05, 0) is 37.1 Å². The van der Waals surface area contributed by atoms with Crippen LogP contribution in [-0.2, 0) is 9.47 Å². The number of nitrogens with zero attached hydrogens (tertiary/aromatic N) is 1. The van der Waals surface area contributed by atoms with Crippen LogP contribution >= 0.6 is 0 Å². The fourth-order valence-corrected chi connectivity index (χ4v) is 4.30. The molecule has 4 rings (SSSR count). The highest BCUT2D eigenvalue weighted by atomic mass is 16.5. The van der Waals surface area contributed by atoms with Crippen molar-refractivity contribution in [1.82, 2.24) is 9.88 Å². The van der Waals surface area contributed by atoms with Gasteiger partial charge in [-0.2, -0.15) is 0 Å². The SMILES string of the molecule is COC[C@@H]1CCC[C@@]12CN(C(=O)c1ccc3[nH]ccc3c1)CCO2. The normalized spacial score (nSPS) is 27.2. The molecule has 1 aliphatic heterocycles. The number of nitrogens with one attached hydrogen (secondary N) is 1. The lowest BCUT2D eigenvalue weighted by atomic mass is 9.89. The van der Waals surface area contributed by atoms with E-state index in [-0.39, 0.29) is 11.5 Å². The van der Waals surface area contributed by atoms with Gasteiger partial charge in [-0.25, -0.2) is 0 Å². The van der Waals surface area contributed by atoms with E-state index in [0.717, 1.165) is 35.7 Å². The molecule has 1 amide bonds. The van der Waals surface area contributed by atoms with Gasteiger partial charge < -0.3 is 19.4 Å². The molecule has 1 aliphatic carbocycles. The number of methoxy groups -OCH3 is 1. The molecule has 0 bridgehead atoms. The van der Waals surface area contributed by atoms with Crippen LogP contribution in [0.5, 0.6) is 0 Å². The number of benzene rings is 1. The maximum absolute atomic E-state index is 13.0. The number of fused-ring (bicyclic) bond motifs is 1. The van der Waals surface area contributed by atoms with Crippen LogP contribution in [-0.4, -0.2) is 54.8 Å². The molecular formula is C19H24N2O3. The minimum atomic E-state index is -0.220. The van der Waals surface area contributed by atoms with Gasteiger partial charge in [0, 0.05) is 42.2 Å². The molecule has 0 unspecified atom stereocenters. The molecule has 0 radical (unpaired) electrons. The van der Waals surface area contributed by atoms with Gasteiger partial charge in [-0.3, -0.25) is 4.79 Å². The number of H-pyrrole nitrogens is 1. The number of hydrogen-bond donors (Lipinski definition) is 1. The number of carbonyl (C=O) groups excluding carboxylic acids is 1. The van der Waals surface area contributed by atoms with Crippen molar-refractivity contribution in [3.63, 3.8) is 0 Å². The minimum absolute atomic E-state index is 0.101. The highest BCUT2D eigenvalue weighted by Crippen LogP contribution is 2.41. The van der Waals surface area contributed by atoms with Crippen LogP contribution < -0.4 is 0 Å². The number of carbonyl (C=O) groups is 1. The summed E-state index contributed by atoms with van der Waals surface area (Å²) in [6.45, 7) is 2.65. The topological polar surface area (TPSA) is 54.6 Å². The third-order valence-corrected chi connectivity index (χ3v) is 5.56. The van der Waals surface area contributed by atoms with E-state index in [9.17, 15) is 4.79 Å². The van der Waals surface area contributed by atoms with Gasteiger partial charge in [0.15, 0.2) is 0 Å². The molecular weight excluding hydrogens is 304 g/mol. The Morgan fingerprint density at radius 3 is 3.25 bits per heavy atom. The summed E-state index contributed by atoms with van der Waals surface area (Å²) < 4.78 is 11.6. The zero-order chi connectivity index (χ0) is 16.6. The van der Waals surface area contributed by atoms with Gasteiger partial charge in [0.05, 0.1) is 25.4 Å². The van der Waals surface area contributed by atoms with Crippen LogP contribution in [0.1, 0.15) is 29.6 Å². The Bertz CT molecular complexity index is 741. The van der Waals surface area contributed by atoms with E-state index in [0.29, 0.717) is 32.2 Å². The molecule has 128 valence electrons. The van der Waals surface area contributed by atoms with Gasteiger partial charge in [0.2, 0.25) is 0 Å². The van der Waals surface area contributed by atoms with Crippen LogP contribution in [0.15, 0.2) is 30.5 Å². The van der Waals surface area contributed by atoms with Crippen molar-refractivity contribution in [3.05, 3.63) is 36.0 Å². The van der Waals surface area contributed by atoms with Crippen molar-refractivity contribution in [1.29, 1.82) is 0 Å². The number of rotatable bonds is 3. The molecule has 24 heavy (non-hydrogen) atoms. The predicted octanol–water partition coefficient (Wildman–Crippen LogP) is 2.83. The fourth-order valence-electron chi connectivity index (χ4n) is 4.30. The second kappa shape index (κ2) is 6.22. The lowest BCUT2D eigenvalue weighted by Gasteiger charge is -2.44. The summed E-state index contributed by atoms with van der Waals surface area (Å²) in [4.78, 5) is 18.1. The molecule has 1 aromatic carbocycles. The Morgan fingerprint density at radius 2 is 2.38 bits per heavy atom. The number of hydrogen-bond acceptors (Lipinski definition) is 3. The molecule has 1 N–H and O–H groups in total. The average Bonchev–Trinajstić information content (AvgIpc) is 3.22. The van der Waals surface area contributed by atoms with E-state index < -0.39 is 0 Å². The summed E-state index contributed by atoms with van der Waals surface area (Å²) >= 11 is 0. The van der Waals surface area contributed by atoms with Crippen molar-refractivity contribution in [2.75, 3.05) is 33.4 Å². The molecule has 5 heteroatoms. The standard InChI is InChI=1S/C19H24N2O3/c1-23-12-16-3-2-7-19(16)13-21(9-10-24-19)18(22)15-4-5-17-14(11-15)6-8-20-17/h4-6,8,11,16,20H,2-3,7,9-10,12-13H2,1H3/t16-,19+/m0/s1. The van der Waals surface area contributed by atoms with Crippen molar-refractivity contribution >= 4 is 16.8 Å². The summed E-state index contributed by atoms with van der Waals surface area (Å²) in [6.07, 6.45) is 5.18. The van der Waals surface area contributed by atoms with Crippen LogP contribution in [0.25, 0.3) is 10.9 Å². The lowest BCUT2D eigenvalue weighted by molar-refractivity contribution is -0.130. The number of aromatic nitrogens is 1. The first-order chi connectivity index (χ1) is 11.7. The molecule has 2 heterocycles. The Balaban J connectivity index is 1.56. The fraction of sp³-hybridized carbons (Fsp3) is 0.526. The first-order valence-electron chi connectivity index (χ1n) is 8.71. The Labute approximate surface area is 141 Å². The Kier molecular flexibility index (Phi) is 4.06. The molecule has 1 saturated carbocycles. The number of aromatic amines is 1. The molecule has 1 saturated heterocycles. The molecule has 2 aliphatic rings. The first kappa shape index (κ1) is 15.7. The molecule has 2 atom stereocenters. The Morgan fingerprint density at radius 1 is 1.46 bits per heavy atom. The van der Waals surface area contributed by atoms with Crippen molar-refractivity contribution in [3.8, 4) is 0 Å². The van der Waals surface area contributed by atoms with Crippen LogP contribution in [0.4, 0.5) is 0 Å². The van der Waals surface area contributed by atoms with Gasteiger partial charge in [-0.15, -0.1) is 0 Å². The van der Waals surface area contributed by atoms with Crippen molar-refractivity contribution < 1.29 is 14.3 Å². The first-order valence-corrected chi connectivity index (χ1v) is 8.71. The molecule has 1 aromatic heterocycles. The zero-order valence-corrected chi connectivity index (χ0v) is 14.1. The quantitative estimate of drug-likeness (QED) is 0.942. The largest absolute Gasteiger partial charge is 0.384 e. The highest BCUT2D eigenvalue weighted by Gasteiger charge is 2.47. The lowest BCUT2D eigenvalue weighted by Crippen LogP contribution is -2.56. The summed E-state index contributed by atoms with van der Waals surface area (Å²) in [5, 5.41) is 1.07. The van der Waals surface area contributed by atoms with E-state index in [1.165, 1.54) is 0 Å². The summed E-state index contributed by atoms with van der Waals surface area (Å²) in [5.74, 6) is 0.481. The van der Waals surface area contributed by atoms with Gasteiger partial charge in [0.1, 0.15) is 0 Å². The summed E-state index contributed by atoms with van der Waals surface area (Å²) in [7, 11) is 1.74. The highest BCUT2D eigenvalue weighted by molar-refractivity contribution is 5.98. The minimum Gasteiger partial charge on any atom is -0.384 e. The summed E-state index contributed by atoms with van der Waals surface area (Å²) in [5.41, 5.74) is 1.59. The Hall–Kier alpha value is -1.85. The number of ether oxygens (including phenoxy) is 2. The maximum atomic E-state index is 13.0. The maximum Gasteiger partial charge on any atom is 0.254 e. The third kappa shape index (κ3) is 2.62. The van der Waals surface area contributed by atoms with E-state index in [1.54, 1.807) is 7.11 Å². The average molecular weight is 328 g/mol. The van der Waals surface area contributed by atoms with Gasteiger partial charge in [-0.1, -0.05) is 6.42 Å². The predicted molar refractivity (Wildman–Crippen MR) is 92.1 cm³/mol. The van der Waals surface area contributed by atoms with Crippen LogP contribution in [0, 0.1) is 5.92 Å². The summed E-state index contributed by atoms with van der Waals surface area (Å²) in [6, 6.07) is 7.85. The second-order valence-corrected chi connectivity index (χ2v) is 6.96. The van der Waals surface area contributed by atoms with E-state index in [4.69, 9.17) is 9.47 Å². The number of morpholine rings is 1. The van der Waals surface area contributed by atoms with Crippen molar-refractivity contribution in [2.45, 2.75) is 24.9 Å². The molecule has 2 fully saturated rings. The second-order valence-electron chi connectivity index (χ2n) is 6.96. The number of amides is 1. The zero-order valence-electron chi connectivity index (χ0n) is 14.1. The molecule has 1 spiro atoms. The van der Waals surface area contributed by atoms with Crippen LogP contribution in [0.3, 0.4) is 0 Å². The van der Waals surface area contributed by atoms with Gasteiger partial charge in [0.25, 0.3) is 5.91 Å². The smallest absolute Gasteiger partial charge is 0.254 e. The molecule has 5 nitrogen and oxygen atoms in total. The van der Waals surface area contributed by atoms with Gasteiger partial charge >= 0.3 is 0 Å². The van der Waals surface area contributed by atoms with E-state index in [1.807, 2.05) is 35.4 Å². The van der Waals surface area contributed by atoms with E-state index >= 15 is 0 Å².